The lowest BCUT2D eigenvalue weighted by Crippen LogP contribution is -2.37. The van der Waals surface area contributed by atoms with Crippen LogP contribution in [0.2, 0.25) is 0 Å². The van der Waals surface area contributed by atoms with Crippen molar-refractivity contribution < 1.29 is 17.9 Å². The molecule has 1 amide bonds. The van der Waals surface area contributed by atoms with Gasteiger partial charge in [-0.2, -0.15) is 0 Å². The molecule has 6 nitrogen and oxygen atoms in total. The third-order valence-corrected chi connectivity index (χ3v) is 6.19. The van der Waals surface area contributed by atoms with Crippen LogP contribution in [0.5, 0.6) is 0 Å². The molecule has 150 valence electrons. The Balaban J connectivity index is 1.80. The molecule has 2 aromatic rings. The Morgan fingerprint density at radius 3 is 2.61 bits per heavy atom. The van der Waals surface area contributed by atoms with Gasteiger partial charge in [-0.3, -0.25) is 9.52 Å². The fourth-order valence-electron chi connectivity index (χ4n) is 3.46. The number of methoxy groups -OCH3 is 1. The van der Waals surface area contributed by atoms with E-state index in [9.17, 15) is 13.2 Å². The second kappa shape index (κ2) is 8.75. The van der Waals surface area contributed by atoms with Crippen molar-refractivity contribution in [1.82, 2.24) is 0 Å². The molecule has 0 aromatic heterocycles. The molecule has 0 spiro atoms. The summed E-state index contributed by atoms with van der Waals surface area (Å²) in [5.41, 5.74) is 3.39. The maximum absolute atomic E-state index is 12.7. The van der Waals surface area contributed by atoms with Gasteiger partial charge in [0.2, 0.25) is 0 Å². The van der Waals surface area contributed by atoms with Crippen molar-refractivity contribution in [2.75, 3.05) is 29.9 Å². The predicted octanol–water partition coefficient (Wildman–Crippen LogP) is 3.37. The first-order chi connectivity index (χ1) is 13.4. The standard InChI is InChI=1S/C21H26N2O4S/c1-3-5-16-7-10-19(11-8-16)28(25,26)22-18-9-12-20-17(14-18)6-4-13-23(20)21(24)15-27-2/h7-12,14,22H,3-6,13,15H2,1-2H3. The lowest BCUT2D eigenvalue weighted by Gasteiger charge is -2.29. The van der Waals surface area contributed by atoms with Crippen LogP contribution in [0, 0.1) is 0 Å². The van der Waals surface area contributed by atoms with Gasteiger partial charge in [-0.05, 0) is 60.7 Å². The average molecular weight is 403 g/mol. The van der Waals surface area contributed by atoms with Crippen molar-refractivity contribution >= 4 is 27.3 Å². The highest BCUT2D eigenvalue weighted by Gasteiger charge is 2.23. The van der Waals surface area contributed by atoms with Crippen molar-refractivity contribution in [2.24, 2.45) is 0 Å². The lowest BCUT2D eigenvalue weighted by atomic mass is 10.0. The number of carbonyl (C=O) groups excluding carboxylic acids is 1. The van der Waals surface area contributed by atoms with Crippen molar-refractivity contribution in [1.29, 1.82) is 0 Å². The molecule has 1 aliphatic rings. The summed E-state index contributed by atoms with van der Waals surface area (Å²) in [6, 6.07) is 12.3. The van der Waals surface area contributed by atoms with Gasteiger partial charge in [0.15, 0.2) is 0 Å². The van der Waals surface area contributed by atoms with Gasteiger partial charge in [-0.25, -0.2) is 8.42 Å². The zero-order valence-electron chi connectivity index (χ0n) is 16.3. The summed E-state index contributed by atoms with van der Waals surface area (Å²) in [4.78, 5) is 14.2. The summed E-state index contributed by atoms with van der Waals surface area (Å²) in [5.74, 6) is -0.0936. The van der Waals surface area contributed by atoms with E-state index in [1.54, 1.807) is 29.2 Å². The van der Waals surface area contributed by atoms with Crippen LogP contribution in [0.1, 0.15) is 30.9 Å². The molecular weight excluding hydrogens is 376 g/mol. The van der Waals surface area contributed by atoms with Gasteiger partial charge in [0, 0.05) is 25.0 Å². The van der Waals surface area contributed by atoms with Crippen LogP contribution in [0.15, 0.2) is 47.4 Å². The molecule has 1 heterocycles. The Hall–Kier alpha value is -2.38. The topological polar surface area (TPSA) is 75.7 Å². The van der Waals surface area contributed by atoms with Crippen LogP contribution < -0.4 is 9.62 Å². The first kappa shape index (κ1) is 20.4. The number of anilines is 2. The first-order valence-electron chi connectivity index (χ1n) is 9.48. The number of nitrogens with zero attached hydrogens (tertiary/aromatic N) is 1. The molecule has 7 heteroatoms. The summed E-state index contributed by atoms with van der Waals surface area (Å²) < 4.78 is 33.0. The molecule has 0 saturated carbocycles. The summed E-state index contributed by atoms with van der Waals surface area (Å²) in [5, 5.41) is 0. The third-order valence-electron chi connectivity index (χ3n) is 4.79. The normalized spacial score (nSPS) is 13.9. The van der Waals surface area contributed by atoms with E-state index in [0.29, 0.717) is 12.2 Å². The smallest absolute Gasteiger partial charge is 0.261 e. The third kappa shape index (κ3) is 4.54. The van der Waals surface area contributed by atoms with E-state index in [4.69, 9.17) is 4.74 Å². The van der Waals surface area contributed by atoms with Crippen LogP contribution >= 0.6 is 0 Å². The average Bonchev–Trinajstić information content (AvgIpc) is 2.68. The maximum atomic E-state index is 12.7. The number of nitrogens with one attached hydrogen (secondary N) is 1. The van der Waals surface area contributed by atoms with Gasteiger partial charge in [-0.1, -0.05) is 25.5 Å². The molecule has 0 aliphatic carbocycles. The molecule has 0 bridgehead atoms. The van der Waals surface area contributed by atoms with Crippen LogP contribution in [-0.2, 0) is 32.4 Å². The van der Waals surface area contributed by atoms with Crippen molar-refractivity contribution in [3.63, 3.8) is 0 Å². The number of benzene rings is 2. The van der Waals surface area contributed by atoms with Crippen molar-refractivity contribution in [3.05, 3.63) is 53.6 Å². The Morgan fingerprint density at radius 2 is 1.93 bits per heavy atom. The quantitative estimate of drug-likeness (QED) is 0.770. The van der Waals surface area contributed by atoms with E-state index in [1.165, 1.54) is 7.11 Å². The summed E-state index contributed by atoms with van der Waals surface area (Å²) in [7, 11) is -2.17. The zero-order chi connectivity index (χ0) is 20.1. The van der Waals surface area contributed by atoms with E-state index in [-0.39, 0.29) is 17.4 Å². The van der Waals surface area contributed by atoms with E-state index in [1.807, 2.05) is 18.2 Å². The summed E-state index contributed by atoms with van der Waals surface area (Å²) >= 11 is 0. The fourth-order valence-corrected chi connectivity index (χ4v) is 4.51. The molecule has 1 N–H and O–H groups in total. The molecule has 0 saturated heterocycles. The van der Waals surface area contributed by atoms with Gasteiger partial charge in [0.1, 0.15) is 6.61 Å². The molecule has 0 radical (unpaired) electrons. The van der Waals surface area contributed by atoms with E-state index in [2.05, 4.69) is 11.6 Å². The molecule has 0 fully saturated rings. The van der Waals surface area contributed by atoms with Crippen LogP contribution in [-0.4, -0.2) is 34.6 Å². The minimum absolute atomic E-state index is 0.0296. The fraction of sp³-hybridized carbons (Fsp3) is 0.381. The van der Waals surface area contributed by atoms with Gasteiger partial charge < -0.3 is 9.64 Å². The largest absolute Gasteiger partial charge is 0.375 e. The SMILES string of the molecule is CCCc1ccc(S(=O)(=O)Nc2ccc3c(c2)CCCN3C(=O)COC)cc1. The highest BCUT2D eigenvalue weighted by atomic mass is 32.2. The van der Waals surface area contributed by atoms with Crippen LogP contribution in [0.25, 0.3) is 0 Å². The number of amides is 1. The number of fused-ring (bicyclic) bond motifs is 1. The lowest BCUT2D eigenvalue weighted by molar-refractivity contribution is -0.122. The van der Waals surface area contributed by atoms with Gasteiger partial charge in [0.25, 0.3) is 15.9 Å². The monoisotopic (exact) mass is 402 g/mol. The molecule has 0 atom stereocenters. The minimum atomic E-state index is -3.66. The highest BCUT2D eigenvalue weighted by Crippen LogP contribution is 2.30. The number of hydrogen-bond acceptors (Lipinski definition) is 4. The number of ether oxygens (including phenoxy) is 1. The molecule has 3 rings (SSSR count). The van der Waals surface area contributed by atoms with E-state index in [0.717, 1.165) is 42.5 Å². The van der Waals surface area contributed by atoms with Crippen LogP contribution in [0.3, 0.4) is 0 Å². The Labute approximate surface area is 166 Å². The Bertz CT molecular complexity index is 939. The predicted molar refractivity (Wildman–Crippen MR) is 110 cm³/mol. The number of rotatable bonds is 7. The second-order valence-corrected chi connectivity index (χ2v) is 8.61. The van der Waals surface area contributed by atoms with Crippen LogP contribution in [0.4, 0.5) is 11.4 Å². The number of sulfonamides is 1. The number of aryl methyl sites for hydroxylation is 2. The zero-order valence-corrected chi connectivity index (χ0v) is 17.1. The molecule has 1 aliphatic heterocycles. The van der Waals surface area contributed by atoms with Gasteiger partial charge in [-0.15, -0.1) is 0 Å². The number of carbonyl (C=O) groups is 1. The Morgan fingerprint density at radius 1 is 1.18 bits per heavy atom. The first-order valence-corrected chi connectivity index (χ1v) is 11.0. The highest BCUT2D eigenvalue weighted by molar-refractivity contribution is 7.92. The molecular formula is C21H26N2O4S. The molecule has 28 heavy (non-hydrogen) atoms. The van der Waals surface area contributed by atoms with Gasteiger partial charge >= 0.3 is 0 Å². The van der Waals surface area contributed by atoms with E-state index >= 15 is 0 Å². The number of hydrogen-bond donors (Lipinski definition) is 1. The van der Waals surface area contributed by atoms with Crippen molar-refractivity contribution in [2.45, 2.75) is 37.5 Å². The maximum Gasteiger partial charge on any atom is 0.261 e. The van der Waals surface area contributed by atoms with Crippen molar-refractivity contribution in [3.8, 4) is 0 Å². The second-order valence-electron chi connectivity index (χ2n) is 6.92. The molecule has 2 aromatic carbocycles. The molecule has 0 unspecified atom stereocenters. The Kier molecular flexibility index (Phi) is 6.36. The minimum Gasteiger partial charge on any atom is -0.375 e. The summed E-state index contributed by atoms with van der Waals surface area (Å²) in [6.45, 7) is 2.76. The van der Waals surface area contributed by atoms with Gasteiger partial charge in [0.05, 0.1) is 4.90 Å². The summed E-state index contributed by atoms with van der Waals surface area (Å²) in [6.07, 6.45) is 3.57. The van der Waals surface area contributed by atoms with E-state index < -0.39 is 10.0 Å².